The fraction of sp³-hybridized carbons (Fsp3) is 0.600. The van der Waals surface area contributed by atoms with Crippen LogP contribution in [0.1, 0.15) is 37.3 Å². The molecule has 0 spiro atoms. The number of nitrogens with two attached hydrogens (primary N) is 1. The third-order valence-electron chi connectivity index (χ3n) is 3.96. The molecular weight excluding hydrogens is 304 g/mol. The molecule has 1 aliphatic carbocycles. The van der Waals surface area contributed by atoms with Crippen LogP contribution in [-0.2, 0) is 16.6 Å². The van der Waals surface area contributed by atoms with Crippen molar-refractivity contribution in [1.29, 1.82) is 0 Å². The second kappa shape index (κ2) is 7.13. The molecular formula is C15H24N2O2S2. The van der Waals surface area contributed by atoms with Crippen LogP contribution in [0.25, 0.3) is 0 Å². The Labute approximate surface area is 131 Å². The minimum atomic E-state index is -3.45. The van der Waals surface area contributed by atoms with Crippen molar-refractivity contribution in [3.63, 3.8) is 0 Å². The second-order valence-electron chi connectivity index (χ2n) is 5.50. The summed E-state index contributed by atoms with van der Waals surface area (Å²) in [6, 6.07) is 5.22. The van der Waals surface area contributed by atoms with E-state index in [2.05, 4.69) is 11.6 Å². The lowest BCUT2D eigenvalue weighted by molar-refractivity contribution is 0.552. The van der Waals surface area contributed by atoms with E-state index in [1.165, 1.54) is 0 Å². The van der Waals surface area contributed by atoms with Crippen LogP contribution in [0.15, 0.2) is 23.1 Å². The van der Waals surface area contributed by atoms with Crippen molar-refractivity contribution in [2.45, 2.75) is 55.8 Å². The minimum absolute atomic E-state index is 0.0571. The van der Waals surface area contributed by atoms with Crippen molar-refractivity contribution < 1.29 is 8.42 Å². The van der Waals surface area contributed by atoms with Gasteiger partial charge in [0.05, 0.1) is 4.90 Å². The molecule has 0 aromatic heterocycles. The smallest absolute Gasteiger partial charge is 0.240 e. The Balaban J connectivity index is 2.09. The maximum absolute atomic E-state index is 12.5. The van der Waals surface area contributed by atoms with Crippen LogP contribution in [0, 0.1) is 6.92 Å². The number of hydrogen-bond acceptors (Lipinski definition) is 4. The highest BCUT2D eigenvalue weighted by atomic mass is 32.2. The van der Waals surface area contributed by atoms with Gasteiger partial charge in [0.1, 0.15) is 0 Å². The largest absolute Gasteiger partial charge is 0.326 e. The Hall–Kier alpha value is -0.560. The number of aryl methyl sites for hydroxylation is 1. The zero-order valence-corrected chi connectivity index (χ0v) is 14.3. The van der Waals surface area contributed by atoms with E-state index in [4.69, 9.17) is 5.73 Å². The molecule has 118 valence electrons. The maximum atomic E-state index is 12.5. The van der Waals surface area contributed by atoms with Gasteiger partial charge < -0.3 is 5.73 Å². The quantitative estimate of drug-likeness (QED) is 0.841. The summed E-state index contributed by atoms with van der Waals surface area (Å²) in [7, 11) is -3.45. The van der Waals surface area contributed by atoms with E-state index in [1.807, 2.05) is 24.8 Å². The molecule has 2 rings (SSSR count). The van der Waals surface area contributed by atoms with Gasteiger partial charge in [-0.25, -0.2) is 13.1 Å². The van der Waals surface area contributed by atoms with Gasteiger partial charge in [-0.3, -0.25) is 0 Å². The van der Waals surface area contributed by atoms with E-state index >= 15 is 0 Å². The third kappa shape index (κ3) is 4.22. The van der Waals surface area contributed by atoms with Gasteiger partial charge in [0.2, 0.25) is 10.0 Å². The maximum Gasteiger partial charge on any atom is 0.240 e. The highest BCUT2D eigenvalue weighted by Crippen LogP contribution is 2.30. The molecule has 1 aliphatic rings. The Bertz CT molecular complexity index is 587. The summed E-state index contributed by atoms with van der Waals surface area (Å²) in [5, 5.41) is 0.584. The fourth-order valence-electron chi connectivity index (χ4n) is 2.76. The van der Waals surface area contributed by atoms with Gasteiger partial charge in [-0.05, 0) is 55.2 Å². The molecule has 1 aromatic carbocycles. The zero-order chi connectivity index (χ0) is 15.5. The number of nitrogens with one attached hydrogen (secondary N) is 1. The predicted octanol–water partition coefficient (Wildman–Crippen LogP) is 2.41. The lowest BCUT2D eigenvalue weighted by Gasteiger charge is -2.14. The minimum Gasteiger partial charge on any atom is -0.326 e. The first-order valence-electron chi connectivity index (χ1n) is 7.39. The molecule has 21 heavy (non-hydrogen) atoms. The molecule has 1 aromatic rings. The van der Waals surface area contributed by atoms with Crippen molar-refractivity contribution >= 4 is 21.8 Å². The molecule has 4 nitrogen and oxygen atoms in total. The predicted molar refractivity (Wildman–Crippen MR) is 89.0 cm³/mol. The molecule has 0 amide bonds. The first-order valence-corrected chi connectivity index (χ1v) is 9.93. The van der Waals surface area contributed by atoms with Gasteiger partial charge in [0.15, 0.2) is 0 Å². The van der Waals surface area contributed by atoms with E-state index in [0.29, 0.717) is 16.7 Å². The van der Waals surface area contributed by atoms with Gasteiger partial charge in [-0.2, -0.15) is 11.8 Å². The monoisotopic (exact) mass is 328 g/mol. The lowest BCUT2D eigenvalue weighted by Crippen LogP contribution is -2.33. The van der Waals surface area contributed by atoms with Crippen LogP contribution in [0.2, 0.25) is 0 Å². The Morgan fingerprint density at radius 3 is 2.81 bits per heavy atom. The van der Waals surface area contributed by atoms with Crippen molar-refractivity contribution in [2.24, 2.45) is 5.73 Å². The van der Waals surface area contributed by atoms with Crippen LogP contribution < -0.4 is 10.5 Å². The van der Waals surface area contributed by atoms with Crippen LogP contribution in [0.4, 0.5) is 0 Å². The summed E-state index contributed by atoms with van der Waals surface area (Å²) in [6.45, 7) is 4.44. The van der Waals surface area contributed by atoms with Crippen molar-refractivity contribution in [1.82, 2.24) is 4.72 Å². The van der Waals surface area contributed by atoms with Gasteiger partial charge in [0, 0.05) is 17.8 Å². The van der Waals surface area contributed by atoms with Gasteiger partial charge in [0.25, 0.3) is 0 Å². The van der Waals surface area contributed by atoms with Crippen LogP contribution in [-0.4, -0.2) is 25.5 Å². The molecule has 0 bridgehead atoms. The SMILES string of the molecule is CCSC1CCC(NS(=O)(=O)c2ccc(C)c(CN)c2)C1. The van der Waals surface area contributed by atoms with Crippen LogP contribution in [0.3, 0.4) is 0 Å². The molecule has 6 heteroatoms. The first kappa shape index (κ1) is 16.8. The van der Waals surface area contributed by atoms with Gasteiger partial charge in [-0.15, -0.1) is 0 Å². The summed E-state index contributed by atoms with van der Waals surface area (Å²) in [4.78, 5) is 0.320. The zero-order valence-electron chi connectivity index (χ0n) is 12.6. The fourth-order valence-corrected chi connectivity index (χ4v) is 5.23. The van der Waals surface area contributed by atoms with Crippen molar-refractivity contribution in [2.75, 3.05) is 5.75 Å². The highest BCUT2D eigenvalue weighted by molar-refractivity contribution is 7.99. The number of sulfonamides is 1. The molecule has 0 heterocycles. The standard InChI is InChI=1S/C15H24N2O2S2/c1-3-20-14-6-5-13(9-14)17-21(18,19)15-7-4-11(2)12(8-15)10-16/h4,7-8,13-14,17H,3,5-6,9-10,16H2,1-2H3. The van der Waals surface area contributed by atoms with Gasteiger partial charge >= 0.3 is 0 Å². The van der Waals surface area contributed by atoms with Crippen LogP contribution in [0.5, 0.6) is 0 Å². The molecule has 2 unspecified atom stereocenters. The summed E-state index contributed by atoms with van der Waals surface area (Å²) in [6.07, 6.45) is 2.94. The van der Waals surface area contributed by atoms with Crippen molar-refractivity contribution in [3.05, 3.63) is 29.3 Å². The Morgan fingerprint density at radius 1 is 1.38 bits per heavy atom. The van der Waals surface area contributed by atoms with Crippen LogP contribution >= 0.6 is 11.8 Å². The molecule has 3 N–H and O–H groups in total. The topological polar surface area (TPSA) is 72.2 Å². The first-order chi connectivity index (χ1) is 9.96. The van der Waals surface area contributed by atoms with E-state index in [1.54, 1.807) is 12.1 Å². The Morgan fingerprint density at radius 2 is 2.14 bits per heavy atom. The molecule has 0 radical (unpaired) electrons. The van der Waals surface area contributed by atoms with Crippen molar-refractivity contribution in [3.8, 4) is 0 Å². The van der Waals surface area contributed by atoms with E-state index in [0.717, 1.165) is 36.1 Å². The third-order valence-corrected chi connectivity index (χ3v) is 6.71. The summed E-state index contributed by atoms with van der Waals surface area (Å²) < 4.78 is 27.8. The molecule has 1 saturated carbocycles. The number of hydrogen-bond donors (Lipinski definition) is 2. The van der Waals surface area contributed by atoms with E-state index < -0.39 is 10.0 Å². The molecule has 1 fully saturated rings. The average Bonchev–Trinajstić information content (AvgIpc) is 2.86. The highest BCUT2D eigenvalue weighted by Gasteiger charge is 2.28. The number of thioether (sulfide) groups is 1. The Kier molecular flexibility index (Phi) is 5.71. The molecule has 2 atom stereocenters. The lowest BCUT2D eigenvalue weighted by atomic mass is 10.1. The summed E-state index contributed by atoms with van der Waals surface area (Å²) in [5.74, 6) is 1.09. The normalized spacial score (nSPS) is 22.6. The second-order valence-corrected chi connectivity index (χ2v) is 8.79. The average molecular weight is 329 g/mol. The molecule has 0 aliphatic heterocycles. The number of rotatable bonds is 6. The summed E-state index contributed by atoms with van der Waals surface area (Å²) in [5.41, 5.74) is 7.56. The summed E-state index contributed by atoms with van der Waals surface area (Å²) >= 11 is 1.92. The van der Waals surface area contributed by atoms with Gasteiger partial charge in [-0.1, -0.05) is 13.0 Å². The van der Waals surface area contributed by atoms with E-state index in [9.17, 15) is 8.42 Å². The molecule has 0 saturated heterocycles. The number of benzene rings is 1. The van der Waals surface area contributed by atoms with E-state index in [-0.39, 0.29) is 6.04 Å².